The lowest BCUT2D eigenvalue weighted by Gasteiger charge is -2.26. The average Bonchev–Trinajstić information content (AvgIpc) is 2.97. The van der Waals surface area contributed by atoms with E-state index < -0.39 is 0 Å². The molecule has 1 saturated heterocycles. The highest BCUT2D eigenvalue weighted by molar-refractivity contribution is 6.06. The van der Waals surface area contributed by atoms with Gasteiger partial charge in [-0.1, -0.05) is 30.2 Å². The number of piperidine rings is 1. The number of aromatic nitrogens is 3. The molecule has 1 fully saturated rings. The van der Waals surface area contributed by atoms with E-state index in [1.54, 1.807) is 0 Å². The molecule has 1 aliphatic rings. The largest absolute Gasteiger partial charge is 0.323 e. The number of nitrogens with zero attached hydrogens (tertiary/aromatic N) is 4. The summed E-state index contributed by atoms with van der Waals surface area (Å²) in [7, 11) is 0. The van der Waals surface area contributed by atoms with Crippen LogP contribution in [0.2, 0.25) is 0 Å². The van der Waals surface area contributed by atoms with Gasteiger partial charge in [0.15, 0.2) is 5.65 Å². The van der Waals surface area contributed by atoms with Crippen molar-refractivity contribution in [3.63, 3.8) is 0 Å². The van der Waals surface area contributed by atoms with Crippen LogP contribution in [-0.4, -0.2) is 39.1 Å². The van der Waals surface area contributed by atoms with Gasteiger partial charge in [-0.05, 0) is 57.1 Å². The monoisotopic (exact) mass is 344 g/mol. The maximum absolute atomic E-state index is 4.99. The first kappa shape index (κ1) is 15.8. The van der Waals surface area contributed by atoms with Gasteiger partial charge in [-0.15, -0.1) is 0 Å². The van der Waals surface area contributed by atoms with E-state index in [1.807, 2.05) is 12.1 Å². The maximum Gasteiger partial charge on any atom is 0.160 e. The lowest BCUT2D eigenvalue weighted by molar-refractivity contribution is 0.222. The van der Waals surface area contributed by atoms with Gasteiger partial charge in [0.1, 0.15) is 5.52 Å². The number of aryl methyl sites for hydroxylation is 1. The Morgan fingerprint density at radius 1 is 0.885 bits per heavy atom. The second-order valence-electron chi connectivity index (χ2n) is 7.46. The Kier molecular flexibility index (Phi) is 3.86. The molecule has 4 nitrogen and oxygen atoms in total. The molecular weight excluding hydrogens is 320 g/mol. The minimum atomic E-state index is 0.968. The minimum Gasteiger partial charge on any atom is -0.323 e. The molecule has 2 aromatic heterocycles. The van der Waals surface area contributed by atoms with Gasteiger partial charge in [0, 0.05) is 18.5 Å². The molecule has 4 aromatic rings. The predicted molar refractivity (Wildman–Crippen MR) is 108 cm³/mol. The first-order valence-electron chi connectivity index (χ1n) is 9.67. The summed E-state index contributed by atoms with van der Waals surface area (Å²) in [5, 5.41) is 1.22. The van der Waals surface area contributed by atoms with Crippen LogP contribution in [0.4, 0.5) is 0 Å². The van der Waals surface area contributed by atoms with Crippen LogP contribution in [0.3, 0.4) is 0 Å². The van der Waals surface area contributed by atoms with Crippen molar-refractivity contribution in [2.75, 3.05) is 19.6 Å². The normalized spacial score (nSPS) is 16.0. The molecule has 0 bridgehead atoms. The number of hydrogen-bond acceptors (Lipinski definition) is 3. The summed E-state index contributed by atoms with van der Waals surface area (Å²) in [5.41, 5.74) is 6.50. The van der Waals surface area contributed by atoms with Gasteiger partial charge in [-0.3, -0.25) is 0 Å². The van der Waals surface area contributed by atoms with E-state index in [-0.39, 0.29) is 0 Å². The summed E-state index contributed by atoms with van der Waals surface area (Å²) in [5.74, 6) is 0. The van der Waals surface area contributed by atoms with Crippen LogP contribution < -0.4 is 0 Å². The van der Waals surface area contributed by atoms with Crippen LogP contribution in [0.5, 0.6) is 0 Å². The Morgan fingerprint density at radius 2 is 1.65 bits per heavy atom. The van der Waals surface area contributed by atoms with Crippen molar-refractivity contribution in [3.05, 3.63) is 48.0 Å². The fraction of sp³-hybridized carbons (Fsp3) is 0.364. The topological polar surface area (TPSA) is 34.0 Å². The number of fused-ring (bicyclic) bond motifs is 4. The van der Waals surface area contributed by atoms with Gasteiger partial charge in [0.25, 0.3) is 0 Å². The zero-order valence-electron chi connectivity index (χ0n) is 15.3. The van der Waals surface area contributed by atoms with E-state index in [1.165, 1.54) is 48.8 Å². The Hall–Kier alpha value is -2.46. The minimum absolute atomic E-state index is 0.968. The summed E-state index contributed by atoms with van der Waals surface area (Å²) in [6.45, 7) is 6.65. The van der Waals surface area contributed by atoms with Crippen molar-refractivity contribution >= 4 is 33.1 Å². The zero-order valence-corrected chi connectivity index (χ0v) is 15.3. The summed E-state index contributed by atoms with van der Waals surface area (Å²) in [6, 6.07) is 14.8. The molecule has 0 aliphatic carbocycles. The number of likely N-dealkylation sites (tertiary alicyclic amines) is 1. The van der Waals surface area contributed by atoms with Crippen LogP contribution in [0.1, 0.15) is 24.8 Å². The van der Waals surface area contributed by atoms with Gasteiger partial charge in [0.05, 0.1) is 16.6 Å². The molecule has 0 saturated carbocycles. The van der Waals surface area contributed by atoms with Crippen LogP contribution >= 0.6 is 0 Å². The van der Waals surface area contributed by atoms with Crippen molar-refractivity contribution in [2.24, 2.45) is 0 Å². The van der Waals surface area contributed by atoms with Crippen LogP contribution in [0, 0.1) is 6.92 Å². The molecule has 3 heterocycles. The molecule has 4 heteroatoms. The second kappa shape index (κ2) is 6.36. The fourth-order valence-electron chi connectivity index (χ4n) is 4.20. The molecule has 1 aliphatic heterocycles. The fourth-order valence-corrected chi connectivity index (χ4v) is 4.20. The van der Waals surface area contributed by atoms with Gasteiger partial charge in [-0.25, -0.2) is 9.97 Å². The Labute approximate surface area is 153 Å². The molecule has 132 valence electrons. The van der Waals surface area contributed by atoms with Crippen LogP contribution in [0.25, 0.3) is 33.1 Å². The van der Waals surface area contributed by atoms with Crippen molar-refractivity contribution in [1.29, 1.82) is 0 Å². The smallest absolute Gasteiger partial charge is 0.160 e. The van der Waals surface area contributed by atoms with E-state index in [0.717, 1.165) is 35.3 Å². The number of rotatable bonds is 3. The SMILES string of the molecule is Cc1ccc2c(c1)c1nc3ccccc3nc1n2CCN1CCCCC1. The molecule has 0 spiro atoms. The summed E-state index contributed by atoms with van der Waals surface area (Å²) < 4.78 is 2.37. The van der Waals surface area contributed by atoms with Crippen LogP contribution in [-0.2, 0) is 6.54 Å². The van der Waals surface area contributed by atoms with Crippen molar-refractivity contribution in [1.82, 2.24) is 19.4 Å². The number of hydrogen-bond donors (Lipinski definition) is 0. The third-order valence-corrected chi connectivity index (χ3v) is 5.59. The molecule has 26 heavy (non-hydrogen) atoms. The van der Waals surface area contributed by atoms with Crippen LogP contribution in [0.15, 0.2) is 42.5 Å². The van der Waals surface area contributed by atoms with E-state index in [4.69, 9.17) is 9.97 Å². The molecular formula is C22H24N4. The third kappa shape index (κ3) is 2.65. The number of benzene rings is 2. The van der Waals surface area contributed by atoms with E-state index >= 15 is 0 Å². The average molecular weight is 344 g/mol. The van der Waals surface area contributed by atoms with Gasteiger partial charge in [-0.2, -0.15) is 0 Å². The molecule has 0 amide bonds. The van der Waals surface area contributed by atoms with Gasteiger partial charge >= 0.3 is 0 Å². The highest BCUT2D eigenvalue weighted by atomic mass is 15.2. The Balaban J connectivity index is 1.67. The molecule has 0 unspecified atom stereocenters. The standard InChI is InChI=1S/C22H24N4/c1-16-9-10-20-17(15-16)21-22(24-19-8-4-3-7-18(19)23-21)26(20)14-13-25-11-5-2-6-12-25/h3-4,7-10,15H,2,5-6,11-14H2,1H3. The molecule has 0 N–H and O–H groups in total. The quantitative estimate of drug-likeness (QED) is 0.547. The Bertz CT molecular complexity index is 1090. The molecule has 0 radical (unpaired) electrons. The van der Waals surface area contributed by atoms with Gasteiger partial charge < -0.3 is 9.47 Å². The summed E-state index contributed by atoms with van der Waals surface area (Å²) in [6.07, 6.45) is 4.04. The predicted octanol–water partition coefficient (Wildman–Crippen LogP) is 4.53. The molecule has 2 aromatic carbocycles. The highest BCUT2D eigenvalue weighted by Gasteiger charge is 2.16. The highest BCUT2D eigenvalue weighted by Crippen LogP contribution is 2.29. The molecule has 5 rings (SSSR count). The van der Waals surface area contributed by atoms with E-state index in [2.05, 4.69) is 46.7 Å². The number of para-hydroxylation sites is 2. The van der Waals surface area contributed by atoms with Gasteiger partial charge in [0.2, 0.25) is 0 Å². The van der Waals surface area contributed by atoms with E-state index in [9.17, 15) is 0 Å². The summed E-state index contributed by atoms with van der Waals surface area (Å²) >= 11 is 0. The lowest BCUT2D eigenvalue weighted by Crippen LogP contribution is -2.32. The summed E-state index contributed by atoms with van der Waals surface area (Å²) in [4.78, 5) is 12.5. The second-order valence-corrected chi connectivity index (χ2v) is 7.46. The lowest BCUT2D eigenvalue weighted by atomic mass is 10.1. The first-order valence-corrected chi connectivity index (χ1v) is 9.67. The maximum atomic E-state index is 4.99. The zero-order chi connectivity index (χ0) is 17.5. The third-order valence-electron chi connectivity index (χ3n) is 5.59. The van der Waals surface area contributed by atoms with Crippen molar-refractivity contribution in [2.45, 2.75) is 32.7 Å². The molecule has 0 atom stereocenters. The Morgan fingerprint density at radius 3 is 2.46 bits per heavy atom. The first-order chi connectivity index (χ1) is 12.8. The van der Waals surface area contributed by atoms with Crippen molar-refractivity contribution in [3.8, 4) is 0 Å². The van der Waals surface area contributed by atoms with E-state index in [0.29, 0.717) is 0 Å². The van der Waals surface area contributed by atoms with Crippen molar-refractivity contribution < 1.29 is 0 Å².